The molecule has 0 aliphatic carbocycles. The molecular formula is C58H51B5BrClN2. The minimum absolute atomic E-state index is 0.211. The van der Waals surface area contributed by atoms with Crippen molar-refractivity contribution in [3.63, 3.8) is 0 Å². The zero-order valence-corrected chi connectivity index (χ0v) is 42.0. The Morgan fingerprint density at radius 3 is 1.49 bits per heavy atom. The summed E-state index contributed by atoms with van der Waals surface area (Å²) in [4.78, 5) is 4.82. The highest BCUT2D eigenvalue weighted by molar-refractivity contribution is 9.10. The van der Waals surface area contributed by atoms with Gasteiger partial charge in [0.1, 0.15) is 39.2 Å². The summed E-state index contributed by atoms with van der Waals surface area (Å²) in [6.45, 7) is 6.90. The van der Waals surface area contributed by atoms with Crippen LogP contribution in [0.25, 0.3) is 44.5 Å². The van der Waals surface area contributed by atoms with Gasteiger partial charge in [0, 0.05) is 43.5 Å². The van der Waals surface area contributed by atoms with Gasteiger partial charge in [-0.15, -0.1) is 16.4 Å². The third-order valence-corrected chi connectivity index (χ3v) is 14.2. The van der Waals surface area contributed by atoms with E-state index in [-0.39, 0.29) is 5.41 Å². The summed E-state index contributed by atoms with van der Waals surface area (Å²) in [5, 5.41) is 0.674. The van der Waals surface area contributed by atoms with Crippen LogP contribution in [0.4, 0.5) is 34.1 Å². The van der Waals surface area contributed by atoms with Crippen LogP contribution in [0.1, 0.15) is 26.3 Å². The van der Waals surface area contributed by atoms with Gasteiger partial charge >= 0.3 is 0 Å². The van der Waals surface area contributed by atoms with Crippen LogP contribution in [0.15, 0.2) is 199 Å². The molecule has 0 amide bonds. The quantitative estimate of drug-likeness (QED) is 0.126. The van der Waals surface area contributed by atoms with E-state index in [4.69, 9.17) is 11.6 Å². The van der Waals surface area contributed by atoms with Crippen molar-refractivity contribution in [2.75, 3.05) is 9.80 Å². The highest BCUT2D eigenvalue weighted by atomic mass is 79.9. The first kappa shape index (κ1) is 45.8. The normalized spacial score (nSPS) is 11.4. The van der Waals surface area contributed by atoms with E-state index >= 15 is 0 Å². The molecule has 0 bridgehead atoms. The van der Waals surface area contributed by atoms with Gasteiger partial charge in [-0.1, -0.05) is 162 Å². The molecule has 0 fully saturated rings. The van der Waals surface area contributed by atoms with Crippen molar-refractivity contribution in [2.24, 2.45) is 0 Å². The first-order valence-corrected chi connectivity index (χ1v) is 24.2. The number of anilines is 6. The third kappa shape index (κ3) is 9.48. The topological polar surface area (TPSA) is 6.48 Å². The summed E-state index contributed by atoms with van der Waals surface area (Å²) >= 11 is 10.7. The van der Waals surface area contributed by atoms with Crippen LogP contribution < -0.4 is 37.1 Å². The van der Waals surface area contributed by atoms with E-state index in [2.05, 4.69) is 274 Å². The number of benzene rings is 9. The Labute approximate surface area is 415 Å². The Morgan fingerprint density at radius 1 is 0.388 bits per heavy atom. The Kier molecular flexibility index (Phi) is 13.1. The second-order valence-electron chi connectivity index (χ2n) is 18.7. The van der Waals surface area contributed by atoms with Crippen LogP contribution in [-0.2, 0) is 5.41 Å². The van der Waals surface area contributed by atoms with E-state index < -0.39 is 0 Å². The van der Waals surface area contributed by atoms with Crippen molar-refractivity contribution in [1.82, 2.24) is 0 Å². The van der Waals surface area contributed by atoms with E-state index in [9.17, 15) is 0 Å². The number of hydrogen-bond donors (Lipinski definition) is 0. The molecule has 0 saturated heterocycles. The van der Waals surface area contributed by atoms with Gasteiger partial charge in [0.05, 0.1) is 5.69 Å². The molecule has 67 heavy (non-hydrogen) atoms. The molecule has 2 nitrogen and oxygen atoms in total. The number of rotatable bonds is 10. The van der Waals surface area contributed by atoms with Crippen LogP contribution in [-0.4, -0.2) is 39.2 Å². The lowest BCUT2D eigenvalue weighted by Gasteiger charge is -2.33. The molecule has 0 heterocycles. The maximum Gasteiger partial charge on any atom is 0.139 e. The van der Waals surface area contributed by atoms with Crippen LogP contribution in [0.3, 0.4) is 0 Å². The van der Waals surface area contributed by atoms with Crippen molar-refractivity contribution >= 4 is 128 Å². The number of nitrogens with zero attached hydrogens (tertiary/aromatic N) is 2. The molecule has 0 spiro atoms. The van der Waals surface area contributed by atoms with Gasteiger partial charge in [-0.05, 0) is 141 Å². The second-order valence-corrected chi connectivity index (χ2v) is 20.1. The summed E-state index contributed by atoms with van der Waals surface area (Å²) in [5.74, 6) is 0. The summed E-state index contributed by atoms with van der Waals surface area (Å²) < 4.78 is 1.02. The SMILES string of the molecule is Bc1c(B)c(B)c(-c2cc(-c3ccccc3)cc(N(c3cccc(Cl)c3)c3cc(N(c4ccc(Br)cc4)c4ccc(-c5ccccc5)cc4-c4ccccc4)cc(C(C)(C)C)c3)c2)c(B)c1B. The molecule has 9 aromatic carbocycles. The molecule has 0 aromatic heterocycles. The Morgan fingerprint density at radius 2 is 0.910 bits per heavy atom. The van der Waals surface area contributed by atoms with Gasteiger partial charge in [0.25, 0.3) is 0 Å². The molecule has 0 aliphatic rings. The lowest BCUT2D eigenvalue weighted by atomic mass is 9.59. The first-order chi connectivity index (χ1) is 32.2. The first-order valence-electron chi connectivity index (χ1n) is 23.0. The molecule has 9 aromatic rings. The zero-order chi connectivity index (χ0) is 47.0. The number of halogens is 2. The van der Waals surface area contributed by atoms with Gasteiger partial charge < -0.3 is 9.80 Å². The van der Waals surface area contributed by atoms with Crippen molar-refractivity contribution < 1.29 is 0 Å². The average Bonchev–Trinajstić information content (AvgIpc) is 3.34. The molecule has 0 N–H and O–H groups in total. The molecule has 0 unspecified atom stereocenters. The largest absolute Gasteiger partial charge is 0.310 e. The van der Waals surface area contributed by atoms with Crippen LogP contribution in [0.5, 0.6) is 0 Å². The van der Waals surface area contributed by atoms with Gasteiger partial charge in [-0.3, -0.25) is 0 Å². The van der Waals surface area contributed by atoms with Gasteiger partial charge in [-0.2, -0.15) is 0 Å². The van der Waals surface area contributed by atoms with Crippen molar-refractivity contribution in [3.05, 3.63) is 209 Å². The lowest BCUT2D eigenvalue weighted by Crippen LogP contribution is -2.55. The lowest BCUT2D eigenvalue weighted by molar-refractivity contribution is 0.590. The maximum atomic E-state index is 6.96. The fraction of sp³-hybridized carbons (Fsp3) is 0.0690. The minimum atomic E-state index is -0.211. The molecule has 0 atom stereocenters. The average molecular weight is 945 g/mol. The van der Waals surface area contributed by atoms with E-state index in [1.165, 1.54) is 49.6 Å². The summed E-state index contributed by atoms with van der Waals surface area (Å²) in [6, 6.07) is 70.1. The molecule has 0 saturated carbocycles. The van der Waals surface area contributed by atoms with Crippen molar-refractivity contribution in [3.8, 4) is 44.5 Å². The van der Waals surface area contributed by atoms with Gasteiger partial charge in [0.15, 0.2) is 0 Å². The third-order valence-electron chi connectivity index (χ3n) is 13.4. The summed E-state index contributed by atoms with van der Waals surface area (Å²) in [7, 11) is 11.3. The smallest absolute Gasteiger partial charge is 0.139 e. The molecule has 0 radical (unpaired) electrons. The Bertz CT molecular complexity index is 3220. The predicted molar refractivity (Wildman–Crippen MR) is 310 cm³/mol. The van der Waals surface area contributed by atoms with Crippen LogP contribution >= 0.6 is 27.5 Å². The fourth-order valence-corrected chi connectivity index (χ4v) is 9.82. The highest BCUT2D eigenvalue weighted by Gasteiger charge is 2.26. The Hall–Kier alpha value is -6.33. The molecule has 0 aliphatic heterocycles. The molecule has 9 rings (SSSR count). The second kappa shape index (κ2) is 19.1. The number of hydrogen-bond acceptors (Lipinski definition) is 2. The molecular weight excluding hydrogens is 894 g/mol. The van der Waals surface area contributed by atoms with E-state index in [0.717, 1.165) is 66.4 Å². The maximum absolute atomic E-state index is 6.96. The standard InChI is InChI=1S/C58H51B5BrClN2/c1-58(2,3)42-32-48(35-49(33-42)67(45-25-23-43(64)24-26-45)51-27-22-39(36-14-7-4-8-15-36)31-50(51)38-18-11-6-12-19-38)66(46-21-13-20-44(65)34-46)47-29-40(37-16-9-5-10-17-37)28-41(30-47)52-53(59)55(61)57(63)56(62)54(52)60/h4-35H,59-63H2,1-3H3. The highest BCUT2D eigenvalue weighted by Crippen LogP contribution is 2.47. The zero-order valence-electron chi connectivity index (χ0n) is 39.6. The Balaban J connectivity index is 1.35. The summed E-state index contributed by atoms with van der Waals surface area (Å²) in [6.07, 6.45) is 0. The molecule has 9 heteroatoms. The van der Waals surface area contributed by atoms with Gasteiger partial charge in [0.2, 0.25) is 0 Å². The molecule has 322 valence electrons. The van der Waals surface area contributed by atoms with E-state index in [0.29, 0.717) is 5.02 Å². The summed E-state index contributed by atoms with van der Waals surface area (Å²) in [5.41, 5.74) is 23.2. The van der Waals surface area contributed by atoms with E-state index in [1.807, 2.05) is 6.07 Å². The van der Waals surface area contributed by atoms with Gasteiger partial charge in [-0.25, -0.2) is 0 Å². The van der Waals surface area contributed by atoms with Crippen LogP contribution in [0.2, 0.25) is 5.02 Å². The monoisotopic (exact) mass is 944 g/mol. The predicted octanol–water partition coefficient (Wildman–Crippen LogP) is 9.30. The van der Waals surface area contributed by atoms with Crippen molar-refractivity contribution in [2.45, 2.75) is 26.2 Å². The van der Waals surface area contributed by atoms with Crippen molar-refractivity contribution in [1.29, 1.82) is 0 Å². The van der Waals surface area contributed by atoms with E-state index in [1.54, 1.807) is 0 Å². The fourth-order valence-electron chi connectivity index (χ4n) is 9.37. The minimum Gasteiger partial charge on any atom is -0.310 e. The van der Waals surface area contributed by atoms with Crippen LogP contribution in [0, 0.1) is 0 Å².